The Labute approximate surface area is 104 Å². The van der Waals surface area contributed by atoms with Crippen LogP contribution >= 0.6 is 15.9 Å². The van der Waals surface area contributed by atoms with Crippen molar-refractivity contribution in [2.75, 3.05) is 24.2 Å². The van der Waals surface area contributed by atoms with E-state index in [1.807, 2.05) is 0 Å². The van der Waals surface area contributed by atoms with Crippen LogP contribution in [0.5, 0.6) is 0 Å². The maximum atomic E-state index is 5.85. The van der Waals surface area contributed by atoms with Crippen LogP contribution in [0.2, 0.25) is 0 Å². The fourth-order valence-electron chi connectivity index (χ4n) is 1.91. The van der Waals surface area contributed by atoms with Gasteiger partial charge in [-0.3, -0.25) is 4.98 Å². The monoisotopic (exact) mass is 285 g/mol. The van der Waals surface area contributed by atoms with Gasteiger partial charge in [0.05, 0.1) is 28.1 Å². The van der Waals surface area contributed by atoms with Gasteiger partial charge in [0.25, 0.3) is 0 Å². The Hall–Kier alpha value is -0.810. The van der Waals surface area contributed by atoms with E-state index in [1.165, 1.54) is 0 Å². The van der Waals surface area contributed by atoms with Crippen LogP contribution < -0.4 is 11.1 Å². The van der Waals surface area contributed by atoms with E-state index in [1.54, 1.807) is 12.4 Å². The van der Waals surface area contributed by atoms with Gasteiger partial charge < -0.3 is 15.8 Å². The zero-order valence-corrected chi connectivity index (χ0v) is 10.8. The summed E-state index contributed by atoms with van der Waals surface area (Å²) in [7, 11) is 0. The van der Waals surface area contributed by atoms with Crippen LogP contribution in [0.1, 0.15) is 13.3 Å². The van der Waals surface area contributed by atoms with Crippen molar-refractivity contribution in [2.45, 2.75) is 19.4 Å². The summed E-state index contributed by atoms with van der Waals surface area (Å²) < 4.78 is 6.42. The summed E-state index contributed by atoms with van der Waals surface area (Å²) >= 11 is 3.44. The van der Waals surface area contributed by atoms with Crippen LogP contribution in [0.4, 0.5) is 11.4 Å². The smallest absolute Gasteiger partial charge is 0.0750 e. The summed E-state index contributed by atoms with van der Waals surface area (Å²) in [5.41, 5.74) is 7.45. The van der Waals surface area contributed by atoms with E-state index in [0.29, 0.717) is 17.7 Å². The molecule has 0 bridgehead atoms. The Morgan fingerprint density at radius 2 is 2.44 bits per heavy atom. The Morgan fingerprint density at radius 1 is 1.62 bits per heavy atom. The lowest BCUT2D eigenvalue weighted by molar-refractivity contribution is 0.108. The number of rotatable bonds is 3. The molecule has 0 amide bonds. The van der Waals surface area contributed by atoms with Gasteiger partial charge in [-0.15, -0.1) is 0 Å². The first kappa shape index (κ1) is 11.7. The Kier molecular flexibility index (Phi) is 3.66. The Morgan fingerprint density at radius 3 is 3.06 bits per heavy atom. The third-order valence-corrected chi connectivity index (χ3v) is 3.60. The number of halogens is 1. The summed E-state index contributed by atoms with van der Waals surface area (Å²) in [5.74, 6) is 0.555. The van der Waals surface area contributed by atoms with Crippen molar-refractivity contribution in [1.82, 2.24) is 4.98 Å². The molecule has 1 aliphatic heterocycles. The van der Waals surface area contributed by atoms with Gasteiger partial charge in [-0.25, -0.2) is 0 Å². The zero-order chi connectivity index (χ0) is 11.5. The molecule has 2 atom stereocenters. The molecule has 1 aromatic heterocycles. The van der Waals surface area contributed by atoms with Gasteiger partial charge in [-0.1, -0.05) is 0 Å². The molecule has 2 unspecified atom stereocenters. The third kappa shape index (κ3) is 2.47. The van der Waals surface area contributed by atoms with E-state index < -0.39 is 0 Å². The fraction of sp³-hybridized carbons (Fsp3) is 0.545. The summed E-state index contributed by atoms with van der Waals surface area (Å²) in [4.78, 5) is 4.00. The van der Waals surface area contributed by atoms with Crippen LogP contribution in [0.3, 0.4) is 0 Å². The minimum Gasteiger partial charge on any atom is -0.396 e. The van der Waals surface area contributed by atoms with Gasteiger partial charge in [0.1, 0.15) is 0 Å². The molecular weight excluding hydrogens is 270 g/mol. The van der Waals surface area contributed by atoms with E-state index in [-0.39, 0.29) is 0 Å². The summed E-state index contributed by atoms with van der Waals surface area (Å²) in [5, 5.41) is 3.36. The lowest BCUT2D eigenvalue weighted by Gasteiger charge is -2.17. The highest BCUT2D eigenvalue weighted by molar-refractivity contribution is 9.10. The molecule has 0 aromatic carbocycles. The normalized spacial score (nSPS) is 24.6. The van der Waals surface area contributed by atoms with Crippen molar-refractivity contribution in [1.29, 1.82) is 0 Å². The minimum atomic E-state index is 0.328. The van der Waals surface area contributed by atoms with Crippen molar-refractivity contribution >= 4 is 27.3 Å². The quantitative estimate of drug-likeness (QED) is 0.894. The molecule has 0 spiro atoms. The summed E-state index contributed by atoms with van der Waals surface area (Å²) in [6, 6.07) is 0. The van der Waals surface area contributed by atoms with Crippen molar-refractivity contribution in [3.63, 3.8) is 0 Å². The van der Waals surface area contributed by atoms with Crippen molar-refractivity contribution in [2.24, 2.45) is 5.92 Å². The van der Waals surface area contributed by atoms with Crippen molar-refractivity contribution < 1.29 is 4.74 Å². The number of hydrogen-bond acceptors (Lipinski definition) is 4. The highest BCUT2D eigenvalue weighted by atomic mass is 79.9. The molecule has 1 saturated heterocycles. The van der Waals surface area contributed by atoms with Gasteiger partial charge in [-0.05, 0) is 29.3 Å². The number of aromatic nitrogens is 1. The molecule has 16 heavy (non-hydrogen) atoms. The predicted molar refractivity (Wildman–Crippen MR) is 68.4 cm³/mol. The molecule has 4 nitrogen and oxygen atoms in total. The second-order valence-corrected chi connectivity index (χ2v) is 4.95. The zero-order valence-electron chi connectivity index (χ0n) is 9.24. The van der Waals surface area contributed by atoms with E-state index in [4.69, 9.17) is 10.5 Å². The SMILES string of the molecule is CC1OCCC1CNc1c(N)cncc1Br. The van der Waals surface area contributed by atoms with Crippen LogP contribution in [-0.4, -0.2) is 24.2 Å². The maximum absolute atomic E-state index is 5.85. The number of hydrogen-bond donors (Lipinski definition) is 2. The second kappa shape index (κ2) is 5.01. The largest absolute Gasteiger partial charge is 0.396 e. The molecule has 5 heteroatoms. The first-order chi connectivity index (χ1) is 7.68. The van der Waals surface area contributed by atoms with Crippen molar-refractivity contribution in [3.8, 4) is 0 Å². The van der Waals surface area contributed by atoms with Gasteiger partial charge in [-0.2, -0.15) is 0 Å². The van der Waals surface area contributed by atoms with Crippen LogP contribution in [0, 0.1) is 5.92 Å². The number of anilines is 2. The molecule has 2 rings (SSSR count). The average Bonchev–Trinajstić information content (AvgIpc) is 2.64. The minimum absolute atomic E-state index is 0.328. The highest BCUT2D eigenvalue weighted by Gasteiger charge is 2.24. The average molecular weight is 286 g/mol. The molecule has 1 aromatic rings. The highest BCUT2D eigenvalue weighted by Crippen LogP contribution is 2.28. The summed E-state index contributed by atoms with van der Waals surface area (Å²) in [6.45, 7) is 3.86. The molecule has 0 saturated carbocycles. The number of pyridine rings is 1. The van der Waals surface area contributed by atoms with Gasteiger partial charge in [0.2, 0.25) is 0 Å². The van der Waals surface area contributed by atoms with E-state index in [9.17, 15) is 0 Å². The number of nitrogen functional groups attached to an aromatic ring is 1. The van der Waals surface area contributed by atoms with Gasteiger partial charge in [0.15, 0.2) is 0 Å². The van der Waals surface area contributed by atoms with Crippen molar-refractivity contribution in [3.05, 3.63) is 16.9 Å². The van der Waals surface area contributed by atoms with Crippen LogP contribution in [0.15, 0.2) is 16.9 Å². The number of nitrogens with one attached hydrogen (secondary N) is 1. The molecule has 0 aliphatic carbocycles. The lowest BCUT2D eigenvalue weighted by atomic mass is 10.0. The van der Waals surface area contributed by atoms with Gasteiger partial charge in [0, 0.05) is 25.3 Å². The molecule has 88 valence electrons. The van der Waals surface area contributed by atoms with E-state index >= 15 is 0 Å². The topological polar surface area (TPSA) is 60.2 Å². The Bertz CT molecular complexity index is 352. The first-order valence-corrected chi connectivity index (χ1v) is 6.22. The Balaban J connectivity index is 1.99. The molecular formula is C11H16BrN3O. The number of nitrogens with zero attached hydrogens (tertiary/aromatic N) is 1. The van der Waals surface area contributed by atoms with E-state index in [2.05, 4.69) is 33.2 Å². The molecule has 0 radical (unpaired) electrons. The standard InChI is InChI=1S/C11H16BrN3O/c1-7-8(2-3-16-7)4-15-11-9(12)5-14-6-10(11)13/h5-8H,2-4,13H2,1H3,(H,14,15). The van der Waals surface area contributed by atoms with Crippen LogP contribution in [-0.2, 0) is 4.74 Å². The number of nitrogens with two attached hydrogens (primary N) is 1. The summed E-state index contributed by atoms with van der Waals surface area (Å²) in [6.07, 6.45) is 4.83. The molecule has 2 heterocycles. The van der Waals surface area contributed by atoms with Crippen LogP contribution in [0.25, 0.3) is 0 Å². The van der Waals surface area contributed by atoms with E-state index in [0.717, 1.165) is 29.7 Å². The molecule has 1 aliphatic rings. The van der Waals surface area contributed by atoms with Gasteiger partial charge >= 0.3 is 0 Å². The number of ether oxygens (including phenoxy) is 1. The predicted octanol–water partition coefficient (Wildman–Crippen LogP) is 2.26. The second-order valence-electron chi connectivity index (χ2n) is 4.09. The molecule has 3 N–H and O–H groups in total. The first-order valence-electron chi connectivity index (χ1n) is 5.43. The fourth-order valence-corrected chi connectivity index (χ4v) is 2.40. The third-order valence-electron chi connectivity index (χ3n) is 3.00. The maximum Gasteiger partial charge on any atom is 0.0750 e. The molecule has 1 fully saturated rings. The lowest BCUT2D eigenvalue weighted by Crippen LogP contribution is -2.21.